The lowest BCUT2D eigenvalue weighted by Gasteiger charge is -2.36. The van der Waals surface area contributed by atoms with Crippen LogP contribution in [0.5, 0.6) is 0 Å². The summed E-state index contributed by atoms with van der Waals surface area (Å²) in [5.74, 6) is 1.31. The van der Waals surface area contributed by atoms with Gasteiger partial charge >= 0.3 is 0 Å². The Balaban J connectivity index is 0.000000164. The molecule has 8 heterocycles. The molecule has 16 nitrogen and oxygen atoms in total. The topological polar surface area (TPSA) is 144 Å². The quantitative estimate of drug-likeness (QED) is 0.138. The van der Waals surface area contributed by atoms with Crippen LogP contribution in [0.25, 0.3) is 33.3 Å². The van der Waals surface area contributed by atoms with E-state index in [-0.39, 0.29) is 20.6 Å². The SMILES string of the molecule is C.O=C(C1CC1)N1CCN(c2ccnn3cc(-c4ccc(N5CCN(CCO)CC5)cc4)cc23)CC1.O=C(C1CC1)N1CCN(c2ccnn3cc(-c4ccc(N5CCNCC5)cc4)cc23)CC1.OCCBr. The van der Waals surface area contributed by atoms with E-state index in [9.17, 15) is 9.59 Å². The van der Waals surface area contributed by atoms with Gasteiger partial charge in [-0.2, -0.15) is 10.2 Å². The van der Waals surface area contributed by atoms with Gasteiger partial charge in [-0.1, -0.05) is 47.6 Å². The number of aliphatic hydroxyl groups is 2. The van der Waals surface area contributed by atoms with E-state index in [4.69, 9.17) is 10.2 Å². The molecule has 6 fully saturated rings. The molecule has 12 rings (SSSR count). The fraction of sp³-hybridized carbons (Fsp3) is 0.491. The second-order valence-corrected chi connectivity index (χ2v) is 20.3. The van der Waals surface area contributed by atoms with Crippen molar-refractivity contribution < 1.29 is 19.8 Å². The Kier molecular flexibility index (Phi) is 17.0. The van der Waals surface area contributed by atoms with E-state index in [1.54, 1.807) is 0 Å². The summed E-state index contributed by atoms with van der Waals surface area (Å²) in [4.78, 5) is 40.9. The summed E-state index contributed by atoms with van der Waals surface area (Å²) in [6, 6.07) is 26.4. The van der Waals surface area contributed by atoms with E-state index in [2.05, 4.69) is 146 Å². The molecule has 0 unspecified atom stereocenters. The number of halogens is 1. The van der Waals surface area contributed by atoms with Crippen molar-refractivity contribution in [3.8, 4) is 22.3 Å². The predicted molar refractivity (Wildman–Crippen MR) is 293 cm³/mol. The maximum atomic E-state index is 12.4. The number of aromatic nitrogens is 4. The maximum absolute atomic E-state index is 12.4. The van der Waals surface area contributed by atoms with Crippen molar-refractivity contribution in [1.29, 1.82) is 0 Å². The van der Waals surface area contributed by atoms with Gasteiger partial charge in [0.05, 0.1) is 35.6 Å². The molecule has 6 aliphatic rings. The lowest BCUT2D eigenvalue weighted by atomic mass is 10.1. The summed E-state index contributed by atoms with van der Waals surface area (Å²) >= 11 is 3.00. The average molecular weight is 1050 g/mol. The van der Waals surface area contributed by atoms with Gasteiger partial charge in [0.15, 0.2) is 0 Å². The van der Waals surface area contributed by atoms with Crippen molar-refractivity contribution in [2.45, 2.75) is 33.1 Å². The third-order valence-corrected chi connectivity index (χ3v) is 15.2. The number of nitrogens with one attached hydrogen (secondary N) is 1. The van der Waals surface area contributed by atoms with Crippen LogP contribution in [0.1, 0.15) is 33.1 Å². The van der Waals surface area contributed by atoms with E-state index >= 15 is 0 Å². The fourth-order valence-corrected chi connectivity index (χ4v) is 10.4. The normalized spacial score (nSPS) is 18.6. The summed E-state index contributed by atoms with van der Waals surface area (Å²) in [6.07, 6.45) is 12.3. The number of aliphatic hydroxyl groups excluding tert-OH is 2. The van der Waals surface area contributed by atoms with Crippen LogP contribution in [0.15, 0.2) is 97.6 Å². The minimum atomic E-state index is 0. The maximum Gasteiger partial charge on any atom is 0.225 e. The molecule has 2 saturated carbocycles. The molecule has 3 N–H and O–H groups in total. The summed E-state index contributed by atoms with van der Waals surface area (Å²) in [7, 11) is 0. The number of piperazine rings is 4. The zero-order chi connectivity index (χ0) is 48.7. The Morgan fingerprint density at radius 1 is 0.528 bits per heavy atom. The van der Waals surface area contributed by atoms with Crippen LogP contribution in [-0.2, 0) is 9.59 Å². The molecule has 2 aromatic carbocycles. The van der Waals surface area contributed by atoms with Crippen LogP contribution in [0, 0.1) is 11.8 Å². The number of β-amino-alcohol motifs (C(OH)–C–C–N with tert-alkyl or cyclic N) is 1. The number of fused-ring (bicyclic) bond motifs is 2. The number of rotatable bonds is 11. The summed E-state index contributed by atoms with van der Waals surface area (Å²) in [6.45, 7) is 16.1. The fourth-order valence-electron chi connectivity index (χ4n) is 10.4. The van der Waals surface area contributed by atoms with E-state index in [0.717, 1.165) is 154 Å². The zero-order valence-electron chi connectivity index (χ0n) is 40.9. The number of nitrogens with zero attached hydrogens (tertiary/aromatic N) is 11. The van der Waals surface area contributed by atoms with Gasteiger partial charge in [0.2, 0.25) is 11.8 Å². The second kappa shape index (κ2) is 23.9. The first-order valence-electron chi connectivity index (χ1n) is 25.8. The van der Waals surface area contributed by atoms with Crippen molar-refractivity contribution in [1.82, 2.24) is 39.2 Å². The molecule has 6 aromatic rings. The monoisotopic (exact) mass is 1040 g/mol. The number of benzene rings is 2. The standard InChI is InChI=1S/C27H34N6O2.C25H30N6O.C2H5BrO.CH4/c34-18-17-29-9-11-30(12-10-29)24-5-3-21(4-6-24)23-19-26-25(7-8-28-33(26)20-23)31-13-15-32(16-14-31)27(35)22-1-2-22;32-25(20-1-2-20)30-15-13-29(14-16-30)23-7-8-27-31-18-21(17-24(23)31)19-3-5-22(6-4-19)28-11-9-26-10-12-28;3-1-2-4;/h3-8,19-20,22,34H,1-2,9-18H2;3-8,17-18,20,26H,1-2,9-16H2;4H,1-2H2;1H4. The molecular formula is C55H73BrN12O4. The summed E-state index contributed by atoms with van der Waals surface area (Å²) in [5.41, 5.74) is 11.9. The van der Waals surface area contributed by atoms with Gasteiger partial charge in [-0.3, -0.25) is 14.5 Å². The molecule has 2 amide bonds. The highest BCUT2D eigenvalue weighted by Crippen LogP contribution is 2.35. The van der Waals surface area contributed by atoms with Gasteiger partial charge in [-0.15, -0.1) is 0 Å². The lowest BCUT2D eigenvalue weighted by molar-refractivity contribution is -0.133. The minimum Gasteiger partial charge on any atom is -0.396 e. The van der Waals surface area contributed by atoms with Crippen LogP contribution < -0.4 is 24.9 Å². The van der Waals surface area contributed by atoms with Gasteiger partial charge in [-0.05, 0) is 85.3 Å². The molecule has 0 spiro atoms. The number of carbonyl (C=O) groups is 2. The molecule has 0 bridgehead atoms. The smallest absolute Gasteiger partial charge is 0.225 e. The van der Waals surface area contributed by atoms with Crippen LogP contribution in [0.3, 0.4) is 0 Å². The number of hydrogen-bond acceptors (Lipinski definition) is 12. The molecule has 17 heteroatoms. The van der Waals surface area contributed by atoms with Gasteiger partial charge in [0.25, 0.3) is 0 Å². The van der Waals surface area contributed by atoms with Crippen molar-refractivity contribution in [3.05, 3.63) is 97.6 Å². The molecule has 72 heavy (non-hydrogen) atoms. The molecule has 4 saturated heterocycles. The highest BCUT2D eigenvalue weighted by Gasteiger charge is 2.36. The Morgan fingerprint density at radius 2 is 0.931 bits per heavy atom. The van der Waals surface area contributed by atoms with Crippen molar-refractivity contribution >= 4 is 61.5 Å². The highest BCUT2D eigenvalue weighted by atomic mass is 79.9. The first kappa shape index (κ1) is 51.2. The van der Waals surface area contributed by atoms with Crippen molar-refractivity contribution in [2.24, 2.45) is 11.8 Å². The zero-order valence-corrected chi connectivity index (χ0v) is 42.5. The van der Waals surface area contributed by atoms with Gasteiger partial charge in [0, 0.05) is 176 Å². The average Bonchev–Trinajstić information content (AvgIpc) is 4.38. The summed E-state index contributed by atoms with van der Waals surface area (Å²) < 4.78 is 3.96. The number of anilines is 4. The Bertz CT molecular complexity index is 2690. The predicted octanol–water partition coefficient (Wildman–Crippen LogP) is 5.65. The number of carbonyl (C=O) groups excluding carboxylic acids is 2. The molecule has 4 aromatic heterocycles. The molecular weight excluding hydrogens is 973 g/mol. The van der Waals surface area contributed by atoms with E-state index in [0.29, 0.717) is 29.0 Å². The second-order valence-electron chi connectivity index (χ2n) is 19.5. The first-order valence-corrected chi connectivity index (χ1v) is 26.9. The first-order chi connectivity index (χ1) is 34.9. The molecule has 2 aliphatic carbocycles. The number of amides is 2. The molecule has 0 radical (unpaired) electrons. The number of hydrogen-bond donors (Lipinski definition) is 3. The molecule has 4 aliphatic heterocycles. The number of alkyl halides is 1. The van der Waals surface area contributed by atoms with Gasteiger partial charge in [-0.25, -0.2) is 9.03 Å². The van der Waals surface area contributed by atoms with E-state index in [1.165, 1.54) is 39.4 Å². The van der Waals surface area contributed by atoms with Crippen LogP contribution >= 0.6 is 15.9 Å². The third-order valence-electron chi connectivity index (χ3n) is 14.8. The van der Waals surface area contributed by atoms with E-state index in [1.807, 2.05) is 26.3 Å². The minimum absolute atomic E-state index is 0. The van der Waals surface area contributed by atoms with Gasteiger partial charge in [0.1, 0.15) is 0 Å². The largest absolute Gasteiger partial charge is 0.396 e. The highest BCUT2D eigenvalue weighted by molar-refractivity contribution is 9.09. The Labute approximate surface area is 432 Å². The van der Waals surface area contributed by atoms with Crippen LogP contribution in [-0.4, -0.2) is 186 Å². The molecule has 384 valence electrons. The summed E-state index contributed by atoms with van der Waals surface area (Å²) in [5, 5.41) is 30.2. The Hall–Kier alpha value is -5.72. The van der Waals surface area contributed by atoms with Gasteiger partial charge < -0.3 is 44.9 Å². The lowest BCUT2D eigenvalue weighted by Crippen LogP contribution is -2.49. The van der Waals surface area contributed by atoms with Crippen molar-refractivity contribution in [2.75, 3.05) is 149 Å². The van der Waals surface area contributed by atoms with Crippen LogP contribution in [0.2, 0.25) is 0 Å². The Morgan fingerprint density at radius 3 is 1.32 bits per heavy atom. The van der Waals surface area contributed by atoms with Crippen LogP contribution in [0.4, 0.5) is 22.7 Å². The van der Waals surface area contributed by atoms with Crippen molar-refractivity contribution in [3.63, 3.8) is 0 Å². The van der Waals surface area contributed by atoms with E-state index < -0.39 is 0 Å². The molecule has 0 atom stereocenters. The third kappa shape index (κ3) is 12.0.